The number of benzene rings is 1. The molecule has 5 nitrogen and oxygen atoms in total. The van der Waals surface area contributed by atoms with Crippen molar-refractivity contribution in [3.8, 4) is 22.9 Å². The summed E-state index contributed by atoms with van der Waals surface area (Å²) in [7, 11) is 0. The predicted octanol–water partition coefficient (Wildman–Crippen LogP) is 6.24. The van der Waals surface area contributed by atoms with Crippen molar-refractivity contribution >= 4 is 0 Å². The van der Waals surface area contributed by atoms with Gasteiger partial charge in [0.05, 0.1) is 25.6 Å². The molecule has 0 fully saturated rings. The number of allylic oxidation sites excluding steroid dienone is 1. The van der Waals surface area contributed by atoms with Crippen LogP contribution in [0.3, 0.4) is 0 Å². The molecule has 0 saturated carbocycles. The molecule has 0 aliphatic carbocycles. The summed E-state index contributed by atoms with van der Waals surface area (Å²) in [6.07, 6.45) is 15.5. The normalized spacial score (nSPS) is 11.1. The smallest absolute Gasteiger partial charge is 0.159 e. The monoisotopic (exact) mass is 412 g/mol. The molecule has 0 atom stereocenters. The molecule has 1 aromatic carbocycles. The summed E-state index contributed by atoms with van der Waals surface area (Å²) >= 11 is 0. The van der Waals surface area contributed by atoms with E-state index < -0.39 is 0 Å². The van der Waals surface area contributed by atoms with Crippen molar-refractivity contribution < 1.29 is 14.2 Å². The summed E-state index contributed by atoms with van der Waals surface area (Å²) in [6.45, 7) is 7.29. The number of unbranched alkanes of at least 4 members (excludes halogenated alkanes) is 3. The van der Waals surface area contributed by atoms with Crippen LogP contribution in [0.15, 0.2) is 48.8 Å². The Morgan fingerprint density at radius 1 is 0.700 bits per heavy atom. The Morgan fingerprint density at radius 3 is 2.13 bits per heavy atom. The van der Waals surface area contributed by atoms with Gasteiger partial charge in [0.2, 0.25) is 0 Å². The van der Waals surface area contributed by atoms with Crippen molar-refractivity contribution in [2.24, 2.45) is 0 Å². The molecule has 0 radical (unpaired) electrons. The van der Waals surface area contributed by atoms with Crippen LogP contribution in [-0.4, -0.2) is 36.4 Å². The Kier molecular flexibility index (Phi) is 12.3. The van der Waals surface area contributed by atoms with Gasteiger partial charge in [0.15, 0.2) is 11.6 Å². The Labute approximate surface area is 181 Å². The fourth-order valence-corrected chi connectivity index (χ4v) is 2.79. The summed E-state index contributed by atoms with van der Waals surface area (Å²) < 4.78 is 17.0. The van der Waals surface area contributed by atoms with Gasteiger partial charge in [-0.1, -0.05) is 38.8 Å². The topological polar surface area (TPSA) is 53.5 Å². The molecule has 0 amide bonds. The Balaban J connectivity index is 1.68. The quantitative estimate of drug-likeness (QED) is 0.241. The lowest BCUT2D eigenvalue weighted by Crippen LogP contribution is -2.02. The van der Waals surface area contributed by atoms with Crippen LogP contribution >= 0.6 is 0 Å². The molecule has 0 N–H and O–H groups in total. The SMILES string of the molecule is CCCCC=CCCOc1ccc(-c2ncc(OCCCCOCCC)cn2)cc1. The molecular formula is C25H36N2O3. The van der Waals surface area contributed by atoms with Gasteiger partial charge in [-0.2, -0.15) is 0 Å². The maximum Gasteiger partial charge on any atom is 0.159 e. The average molecular weight is 413 g/mol. The number of hydrogen-bond donors (Lipinski definition) is 0. The summed E-state index contributed by atoms with van der Waals surface area (Å²) in [6, 6.07) is 7.90. The zero-order chi connectivity index (χ0) is 21.3. The average Bonchev–Trinajstić information content (AvgIpc) is 2.79. The van der Waals surface area contributed by atoms with Gasteiger partial charge in [-0.15, -0.1) is 0 Å². The van der Waals surface area contributed by atoms with E-state index in [1.165, 1.54) is 12.8 Å². The second-order valence-corrected chi connectivity index (χ2v) is 7.19. The molecule has 164 valence electrons. The van der Waals surface area contributed by atoms with Crippen LogP contribution < -0.4 is 9.47 Å². The van der Waals surface area contributed by atoms with E-state index in [0.29, 0.717) is 24.8 Å². The molecule has 0 unspecified atom stereocenters. The van der Waals surface area contributed by atoms with E-state index in [1.54, 1.807) is 12.4 Å². The Bertz CT molecular complexity index is 699. The van der Waals surface area contributed by atoms with Gasteiger partial charge in [0.1, 0.15) is 5.75 Å². The van der Waals surface area contributed by atoms with Crippen LogP contribution in [0.4, 0.5) is 0 Å². The Hall–Kier alpha value is -2.40. The van der Waals surface area contributed by atoms with Crippen LogP contribution in [0.5, 0.6) is 11.5 Å². The van der Waals surface area contributed by atoms with Crippen LogP contribution in [0, 0.1) is 0 Å². The lowest BCUT2D eigenvalue weighted by molar-refractivity contribution is 0.127. The summed E-state index contributed by atoms with van der Waals surface area (Å²) in [5.41, 5.74) is 0.960. The molecule has 0 aliphatic rings. The molecule has 2 aromatic rings. The zero-order valence-corrected chi connectivity index (χ0v) is 18.5. The molecule has 5 heteroatoms. The van der Waals surface area contributed by atoms with Crippen molar-refractivity contribution in [1.29, 1.82) is 0 Å². The van der Waals surface area contributed by atoms with Crippen molar-refractivity contribution in [3.05, 3.63) is 48.8 Å². The number of hydrogen-bond acceptors (Lipinski definition) is 5. The molecule has 0 bridgehead atoms. The fraction of sp³-hybridized carbons (Fsp3) is 0.520. The maximum absolute atomic E-state index is 5.79. The first-order chi connectivity index (χ1) is 14.8. The largest absolute Gasteiger partial charge is 0.493 e. The second kappa shape index (κ2) is 15.4. The van der Waals surface area contributed by atoms with Gasteiger partial charge in [0.25, 0.3) is 0 Å². The minimum Gasteiger partial charge on any atom is -0.493 e. The van der Waals surface area contributed by atoms with Crippen LogP contribution in [-0.2, 0) is 4.74 Å². The van der Waals surface area contributed by atoms with Crippen LogP contribution in [0.1, 0.15) is 58.8 Å². The standard InChI is InChI=1S/C25H36N2O3/c1-3-5-6-7-8-9-18-29-23-14-12-22(13-15-23)25-26-20-24(21-27-25)30-19-11-10-17-28-16-4-2/h7-8,12-15,20-21H,3-6,9-11,16-19H2,1-2H3. The lowest BCUT2D eigenvalue weighted by Gasteiger charge is -2.07. The van der Waals surface area contributed by atoms with Gasteiger partial charge < -0.3 is 14.2 Å². The van der Waals surface area contributed by atoms with E-state index in [2.05, 4.69) is 36.0 Å². The highest BCUT2D eigenvalue weighted by Crippen LogP contribution is 2.20. The highest BCUT2D eigenvalue weighted by Gasteiger charge is 2.03. The third-order valence-electron chi connectivity index (χ3n) is 4.49. The first-order valence-corrected chi connectivity index (χ1v) is 11.2. The highest BCUT2D eigenvalue weighted by molar-refractivity contribution is 5.56. The van der Waals surface area contributed by atoms with Crippen LogP contribution in [0.2, 0.25) is 0 Å². The van der Waals surface area contributed by atoms with Crippen LogP contribution in [0.25, 0.3) is 11.4 Å². The zero-order valence-electron chi connectivity index (χ0n) is 18.5. The molecule has 0 saturated heterocycles. The third kappa shape index (κ3) is 9.88. The third-order valence-corrected chi connectivity index (χ3v) is 4.49. The highest BCUT2D eigenvalue weighted by atomic mass is 16.5. The van der Waals surface area contributed by atoms with Crippen molar-refractivity contribution in [2.45, 2.75) is 58.8 Å². The summed E-state index contributed by atoms with van der Waals surface area (Å²) in [4.78, 5) is 8.84. The van der Waals surface area contributed by atoms with Crippen molar-refractivity contribution in [1.82, 2.24) is 9.97 Å². The van der Waals surface area contributed by atoms with Gasteiger partial charge in [-0.05, 0) is 56.4 Å². The first-order valence-electron chi connectivity index (χ1n) is 11.2. The number of aromatic nitrogens is 2. The minimum absolute atomic E-state index is 0.651. The number of nitrogens with zero attached hydrogens (tertiary/aromatic N) is 2. The van der Waals surface area contributed by atoms with Gasteiger partial charge in [0, 0.05) is 18.8 Å². The molecular weight excluding hydrogens is 376 g/mol. The number of ether oxygens (including phenoxy) is 3. The minimum atomic E-state index is 0.651. The first kappa shape index (κ1) is 23.9. The van der Waals surface area contributed by atoms with E-state index in [1.807, 2.05) is 24.3 Å². The predicted molar refractivity (Wildman–Crippen MR) is 122 cm³/mol. The fourth-order valence-electron chi connectivity index (χ4n) is 2.79. The van der Waals surface area contributed by atoms with E-state index in [0.717, 1.165) is 56.6 Å². The van der Waals surface area contributed by atoms with E-state index in [9.17, 15) is 0 Å². The van der Waals surface area contributed by atoms with Gasteiger partial charge >= 0.3 is 0 Å². The lowest BCUT2D eigenvalue weighted by atomic mass is 10.2. The van der Waals surface area contributed by atoms with Gasteiger partial charge in [-0.25, -0.2) is 9.97 Å². The van der Waals surface area contributed by atoms with E-state index in [-0.39, 0.29) is 0 Å². The summed E-state index contributed by atoms with van der Waals surface area (Å²) in [5.74, 6) is 2.24. The van der Waals surface area contributed by atoms with Gasteiger partial charge in [-0.3, -0.25) is 0 Å². The molecule has 30 heavy (non-hydrogen) atoms. The molecule has 0 aliphatic heterocycles. The number of rotatable bonds is 16. The van der Waals surface area contributed by atoms with E-state index in [4.69, 9.17) is 14.2 Å². The second-order valence-electron chi connectivity index (χ2n) is 7.19. The maximum atomic E-state index is 5.79. The molecule has 1 aromatic heterocycles. The van der Waals surface area contributed by atoms with Crippen molar-refractivity contribution in [3.63, 3.8) is 0 Å². The summed E-state index contributed by atoms with van der Waals surface area (Å²) in [5, 5.41) is 0. The Morgan fingerprint density at radius 2 is 1.40 bits per heavy atom. The molecule has 2 rings (SSSR count). The van der Waals surface area contributed by atoms with Crippen molar-refractivity contribution in [2.75, 3.05) is 26.4 Å². The van der Waals surface area contributed by atoms with E-state index >= 15 is 0 Å². The molecule has 1 heterocycles. The molecule has 0 spiro atoms.